The van der Waals surface area contributed by atoms with Gasteiger partial charge in [-0.2, -0.15) is 4.31 Å². The Hall–Kier alpha value is -1.71. The fourth-order valence-corrected chi connectivity index (χ4v) is 3.77. The van der Waals surface area contributed by atoms with Crippen molar-refractivity contribution in [3.05, 3.63) is 33.7 Å². The molecule has 2 heterocycles. The van der Waals surface area contributed by atoms with Crippen LogP contribution in [0.2, 0.25) is 0 Å². The summed E-state index contributed by atoms with van der Waals surface area (Å²) in [6.45, 7) is 7.36. The van der Waals surface area contributed by atoms with Gasteiger partial charge in [0.25, 0.3) is 11.5 Å². The van der Waals surface area contributed by atoms with E-state index >= 15 is 0 Å². The van der Waals surface area contributed by atoms with Crippen molar-refractivity contribution in [3.8, 4) is 0 Å². The molecule has 152 valence electrons. The summed E-state index contributed by atoms with van der Waals surface area (Å²) in [6.07, 6.45) is 3.28. The van der Waals surface area contributed by atoms with Crippen LogP contribution in [-0.4, -0.2) is 61.8 Å². The zero-order valence-electron chi connectivity index (χ0n) is 16.4. The molecule has 0 saturated carbocycles. The molecule has 0 radical (unpaired) electrons. The Kier molecular flexibility index (Phi) is 7.19. The van der Waals surface area contributed by atoms with E-state index in [0.29, 0.717) is 24.6 Å². The molecule has 1 unspecified atom stereocenters. The molecule has 1 fully saturated rings. The summed E-state index contributed by atoms with van der Waals surface area (Å²) in [7, 11) is -3.29. The minimum atomic E-state index is -3.29. The molecule has 8 nitrogen and oxygen atoms in total. The molecule has 0 spiro atoms. The van der Waals surface area contributed by atoms with Crippen molar-refractivity contribution < 1.29 is 17.9 Å². The fourth-order valence-electron chi connectivity index (χ4n) is 2.93. The van der Waals surface area contributed by atoms with Crippen LogP contribution in [0.25, 0.3) is 0 Å². The summed E-state index contributed by atoms with van der Waals surface area (Å²) in [5.41, 5.74) is 0.424. The standard InChI is InChI=1S/C18H29N3O5S/c1-13(2)5-7-20-8-6-14(3)16(18(20)23)17(22)19-11-15-12-21(9-10-26-15)27(4,24)25/h6,8,13,15H,5,7,9-12H2,1-4H3,(H,19,22). The van der Waals surface area contributed by atoms with Crippen LogP contribution in [0.3, 0.4) is 0 Å². The Morgan fingerprint density at radius 2 is 2.11 bits per heavy atom. The summed E-state index contributed by atoms with van der Waals surface area (Å²) in [6, 6.07) is 1.76. The summed E-state index contributed by atoms with van der Waals surface area (Å²) in [5, 5.41) is 2.72. The van der Waals surface area contributed by atoms with Gasteiger partial charge in [0.2, 0.25) is 10.0 Å². The number of ether oxygens (including phenoxy) is 1. The van der Waals surface area contributed by atoms with Crippen LogP contribution in [0.4, 0.5) is 0 Å². The molecule has 1 atom stereocenters. The molecule has 1 saturated heterocycles. The van der Waals surface area contributed by atoms with Crippen LogP contribution in [0, 0.1) is 12.8 Å². The topological polar surface area (TPSA) is 97.7 Å². The molecule has 27 heavy (non-hydrogen) atoms. The van der Waals surface area contributed by atoms with Crippen LogP contribution in [0.5, 0.6) is 0 Å². The molecule has 2 rings (SSSR count). The van der Waals surface area contributed by atoms with Crippen molar-refractivity contribution in [1.29, 1.82) is 0 Å². The maximum Gasteiger partial charge on any atom is 0.263 e. The van der Waals surface area contributed by atoms with Gasteiger partial charge in [0.05, 0.1) is 19.0 Å². The zero-order chi connectivity index (χ0) is 20.2. The summed E-state index contributed by atoms with van der Waals surface area (Å²) < 4.78 is 31.8. The lowest BCUT2D eigenvalue weighted by Gasteiger charge is -2.31. The fraction of sp³-hybridized carbons (Fsp3) is 0.667. The summed E-state index contributed by atoms with van der Waals surface area (Å²) in [5.74, 6) is -0.00630. The van der Waals surface area contributed by atoms with E-state index in [-0.39, 0.29) is 30.8 Å². The molecular formula is C18H29N3O5S. The lowest BCUT2D eigenvalue weighted by atomic mass is 10.1. The quantitative estimate of drug-likeness (QED) is 0.724. The van der Waals surface area contributed by atoms with Gasteiger partial charge in [-0.15, -0.1) is 0 Å². The van der Waals surface area contributed by atoms with Gasteiger partial charge in [0.1, 0.15) is 5.56 Å². The Morgan fingerprint density at radius 3 is 2.74 bits per heavy atom. The third-order valence-corrected chi connectivity index (χ3v) is 5.88. The van der Waals surface area contributed by atoms with Gasteiger partial charge in [-0.3, -0.25) is 9.59 Å². The number of carbonyl (C=O) groups is 1. The Labute approximate surface area is 160 Å². The highest BCUT2D eigenvalue weighted by atomic mass is 32.2. The lowest BCUT2D eigenvalue weighted by molar-refractivity contribution is 0.000423. The van der Waals surface area contributed by atoms with Crippen molar-refractivity contribution in [2.24, 2.45) is 5.92 Å². The first-order valence-electron chi connectivity index (χ1n) is 9.14. The van der Waals surface area contributed by atoms with E-state index in [1.54, 1.807) is 23.8 Å². The van der Waals surface area contributed by atoms with Crippen LogP contribution in [-0.2, 0) is 21.3 Å². The molecule has 1 aliphatic rings. The highest BCUT2D eigenvalue weighted by Crippen LogP contribution is 2.09. The minimum Gasteiger partial charge on any atom is -0.374 e. The Morgan fingerprint density at radius 1 is 1.41 bits per heavy atom. The maximum absolute atomic E-state index is 12.7. The van der Waals surface area contributed by atoms with Gasteiger partial charge in [-0.05, 0) is 30.9 Å². The average Bonchev–Trinajstić information content (AvgIpc) is 2.58. The molecule has 1 aromatic heterocycles. The van der Waals surface area contributed by atoms with E-state index in [4.69, 9.17) is 4.74 Å². The van der Waals surface area contributed by atoms with Crippen LogP contribution in [0.15, 0.2) is 17.1 Å². The number of carbonyl (C=O) groups excluding carboxylic acids is 1. The number of pyridine rings is 1. The number of amides is 1. The van der Waals surface area contributed by atoms with E-state index in [1.807, 2.05) is 0 Å². The van der Waals surface area contributed by atoms with E-state index in [1.165, 1.54) is 4.31 Å². The van der Waals surface area contributed by atoms with Crippen molar-refractivity contribution in [3.63, 3.8) is 0 Å². The predicted octanol–water partition coefficient (Wildman–Crippen LogP) is 0.593. The smallest absolute Gasteiger partial charge is 0.263 e. The molecule has 0 aliphatic carbocycles. The SMILES string of the molecule is Cc1ccn(CCC(C)C)c(=O)c1C(=O)NCC1CN(S(C)(=O)=O)CCO1. The van der Waals surface area contributed by atoms with Crippen LogP contribution < -0.4 is 10.9 Å². The van der Waals surface area contributed by atoms with E-state index in [9.17, 15) is 18.0 Å². The lowest BCUT2D eigenvalue weighted by Crippen LogP contribution is -2.49. The van der Waals surface area contributed by atoms with Crippen molar-refractivity contribution in [2.45, 2.75) is 39.8 Å². The van der Waals surface area contributed by atoms with Gasteiger partial charge in [-0.1, -0.05) is 13.8 Å². The van der Waals surface area contributed by atoms with Gasteiger partial charge in [0.15, 0.2) is 0 Å². The molecule has 0 bridgehead atoms. The number of aryl methyl sites for hydroxylation is 2. The van der Waals surface area contributed by atoms with Gasteiger partial charge < -0.3 is 14.6 Å². The highest BCUT2D eigenvalue weighted by molar-refractivity contribution is 7.88. The molecular weight excluding hydrogens is 370 g/mol. The Bertz CT molecular complexity index is 832. The summed E-state index contributed by atoms with van der Waals surface area (Å²) >= 11 is 0. The van der Waals surface area contributed by atoms with E-state index in [0.717, 1.165) is 12.7 Å². The second-order valence-corrected chi connectivity index (χ2v) is 9.36. The van der Waals surface area contributed by atoms with Crippen molar-refractivity contribution >= 4 is 15.9 Å². The number of hydrogen-bond donors (Lipinski definition) is 1. The number of aromatic nitrogens is 1. The van der Waals surface area contributed by atoms with E-state index in [2.05, 4.69) is 19.2 Å². The second-order valence-electron chi connectivity index (χ2n) is 7.38. The largest absolute Gasteiger partial charge is 0.374 e. The van der Waals surface area contributed by atoms with Crippen LogP contribution >= 0.6 is 0 Å². The molecule has 0 aromatic carbocycles. The molecule has 1 N–H and O–H groups in total. The molecule has 1 amide bonds. The first-order valence-corrected chi connectivity index (χ1v) is 11.0. The second kappa shape index (κ2) is 8.99. The monoisotopic (exact) mass is 399 g/mol. The first-order chi connectivity index (χ1) is 12.6. The maximum atomic E-state index is 12.7. The van der Waals surface area contributed by atoms with Gasteiger partial charge >= 0.3 is 0 Å². The van der Waals surface area contributed by atoms with Crippen molar-refractivity contribution in [2.75, 3.05) is 32.5 Å². The number of rotatable bonds is 7. The highest BCUT2D eigenvalue weighted by Gasteiger charge is 2.27. The molecule has 1 aromatic rings. The minimum absolute atomic E-state index is 0.122. The third kappa shape index (κ3) is 5.88. The van der Waals surface area contributed by atoms with Crippen molar-refractivity contribution in [1.82, 2.24) is 14.2 Å². The van der Waals surface area contributed by atoms with E-state index < -0.39 is 22.0 Å². The number of nitrogens with zero attached hydrogens (tertiary/aromatic N) is 2. The number of hydrogen-bond acceptors (Lipinski definition) is 5. The normalized spacial score (nSPS) is 18.6. The predicted molar refractivity (Wildman–Crippen MR) is 103 cm³/mol. The number of sulfonamides is 1. The molecule has 9 heteroatoms. The first kappa shape index (κ1) is 21.6. The zero-order valence-corrected chi connectivity index (χ0v) is 17.2. The number of morpholine rings is 1. The molecule has 1 aliphatic heterocycles. The third-order valence-electron chi connectivity index (χ3n) is 4.61. The Balaban J connectivity index is 2.05. The summed E-state index contributed by atoms with van der Waals surface area (Å²) in [4.78, 5) is 25.2. The number of nitrogens with one attached hydrogen (secondary N) is 1. The average molecular weight is 400 g/mol. The van der Waals surface area contributed by atoms with Gasteiger partial charge in [0, 0.05) is 32.4 Å². The van der Waals surface area contributed by atoms with Gasteiger partial charge in [-0.25, -0.2) is 8.42 Å². The van der Waals surface area contributed by atoms with Crippen LogP contribution in [0.1, 0.15) is 36.2 Å².